The molecule has 6 nitrogen and oxygen atoms in total. The molecule has 0 aliphatic rings. The van der Waals surface area contributed by atoms with Gasteiger partial charge in [-0.15, -0.1) is 0 Å². The van der Waals surface area contributed by atoms with Crippen LogP contribution in [0.15, 0.2) is 0 Å². The number of nitrogens with zero attached hydrogens (tertiary/aromatic N) is 1. The molecule has 7 heteroatoms. The van der Waals surface area contributed by atoms with E-state index in [0.29, 0.717) is 0 Å². The molecule has 3 N–H and O–H groups in total. The Bertz CT molecular complexity index is 158. The van der Waals surface area contributed by atoms with Crippen LogP contribution in [0.3, 0.4) is 0 Å². The van der Waals surface area contributed by atoms with Gasteiger partial charge in [0.05, 0.1) is 19.7 Å². The Kier molecular flexibility index (Phi) is 11.1. The zero-order valence-electron chi connectivity index (χ0n) is 7.43. The van der Waals surface area contributed by atoms with Gasteiger partial charge >= 0.3 is 11.9 Å². The Hall–Kier alpha value is 0.496. The maximum Gasteiger partial charge on any atom is 0.317 e. The van der Waals surface area contributed by atoms with Gasteiger partial charge in [-0.1, -0.05) is 0 Å². The van der Waals surface area contributed by atoms with Crippen LogP contribution in [0.1, 0.15) is 0 Å². The van der Waals surface area contributed by atoms with Gasteiger partial charge in [0.25, 0.3) is 0 Å². The van der Waals surface area contributed by atoms with Crippen molar-refractivity contribution in [2.24, 2.45) is 0 Å². The molecule has 0 atom stereocenters. The molecule has 0 aliphatic heterocycles. The SMILES string of the molecule is O=C(O)CN(CCO)CC(=O)O.[K]. The molecule has 0 aliphatic carbocycles. The Morgan fingerprint density at radius 2 is 1.46 bits per heavy atom. The van der Waals surface area contributed by atoms with Crippen molar-refractivity contribution >= 4 is 63.3 Å². The summed E-state index contributed by atoms with van der Waals surface area (Å²) in [7, 11) is 0. The minimum Gasteiger partial charge on any atom is -0.480 e. The number of hydrogen-bond donors (Lipinski definition) is 3. The largest absolute Gasteiger partial charge is 0.480 e. The molecule has 13 heavy (non-hydrogen) atoms. The van der Waals surface area contributed by atoms with E-state index in [1.165, 1.54) is 0 Å². The Labute approximate surface area is 118 Å². The summed E-state index contributed by atoms with van der Waals surface area (Å²) < 4.78 is 0. The quantitative estimate of drug-likeness (QED) is 0.447. The summed E-state index contributed by atoms with van der Waals surface area (Å²) in [6, 6.07) is 0. The number of hydrogen-bond acceptors (Lipinski definition) is 4. The van der Waals surface area contributed by atoms with Crippen LogP contribution in [0.4, 0.5) is 0 Å². The predicted octanol–water partition coefficient (Wildman–Crippen LogP) is -1.93. The minimum atomic E-state index is -1.11. The monoisotopic (exact) mass is 216 g/mol. The van der Waals surface area contributed by atoms with E-state index in [2.05, 4.69) is 0 Å². The number of aliphatic hydroxyl groups excluding tert-OH is 1. The normalized spacial score (nSPS) is 9.38. The first kappa shape index (κ1) is 15.9. The number of rotatable bonds is 6. The number of carbonyl (C=O) groups is 2. The van der Waals surface area contributed by atoms with Crippen LogP contribution < -0.4 is 0 Å². The summed E-state index contributed by atoms with van der Waals surface area (Å²) in [6.45, 7) is -0.932. The molecule has 0 aromatic heterocycles. The van der Waals surface area contributed by atoms with Crippen molar-refractivity contribution in [1.29, 1.82) is 0 Å². The van der Waals surface area contributed by atoms with Crippen molar-refractivity contribution in [3.8, 4) is 0 Å². The number of carboxylic acids is 2. The minimum absolute atomic E-state index is 0. The van der Waals surface area contributed by atoms with Crippen LogP contribution in [-0.2, 0) is 9.59 Å². The van der Waals surface area contributed by atoms with E-state index in [9.17, 15) is 9.59 Å². The first-order valence-electron chi connectivity index (χ1n) is 3.33. The van der Waals surface area contributed by atoms with Gasteiger partial charge in [0.1, 0.15) is 0 Å². The van der Waals surface area contributed by atoms with Crippen molar-refractivity contribution in [2.75, 3.05) is 26.2 Å². The molecule has 0 unspecified atom stereocenters. The molecule has 71 valence electrons. The van der Waals surface area contributed by atoms with Crippen LogP contribution in [0.2, 0.25) is 0 Å². The molecular weight excluding hydrogens is 205 g/mol. The van der Waals surface area contributed by atoms with E-state index in [1.807, 2.05) is 0 Å². The topological polar surface area (TPSA) is 98.1 Å². The maximum atomic E-state index is 10.1. The van der Waals surface area contributed by atoms with Gasteiger partial charge in [-0.25, -0.2) is 0 Å². The van der Waals surface area contributed by atoms with Crippen molar-refractivity contribution < 1.29 is 24.9 Å². The summed E-state index contributed by atoms with van der Waals surface area (Å²) in [4.78, 5) is 21.4. The molecule has 0 heterocycles. The van der Waals surface area contributed by atoms with Crippen LogP contribution in [0.25, 0.3) is 0 Å². The van der Waals surface area contributed by atoms with Gasteiger partial charge < -0.3 is 15.3 Å². The zero-order chi connectivity index (χ0) is 9.56. The molecule has 0 saturated heterocycles. The Morgan fingerprint density at radius 3 is 1.69 bits per heavy atom. The molecule has 0 saturated carbocycles. The van der Waals surface area contributed by atoms with Gasteiger partial charge in [0.2, 0.25) is 0 Å². The second-order valence-corrected chi connectivity index (χ2v) is 2.22. The van der Waals surface area contributed by atoms with Crippen molar-refractivity contribution in [3.05, 3.63) is 0 Å². The summed E-state index contributed by atoms with van der Waals surface area (Å²) in [5, 5.41) is 25.0. The fourth-order valence-electron chi connectivity index (χ4n) is 0.738. The summed E-state index contributed by atoms with van der Waals surface area (Å²) in [5.74, 6) is -2.21. The molecule has 0 aromatic rings. The second kappa shape index (κ2) is 9.07. The zero-order valence-corrected chi connectivity index (χ0v) is 10.6. The van der Waals surface area contributed by atoms with E-state index in [-0.39, 0.29) is 77.6 Å². The van der Waals surface area contributed by atoms with Crippen LogP contribution in [0, 0.1) is 0 Å². The average molecular weight is 216 g/mol. The predicted molar refractivity (Wildman–Crippen MR) is 44.6 cm³/mol. The molecular formula is C6H11KNO5. The van der Waals surface area contributed by atoms with Gasteiger partial charge in [-0.2, -0.15) is 0 Å². The summed E-state index contributed by atoms with van der Waals surface area (Å²) in [6.07, 6.45) is 0. The smallest absolute Gasteiger partial charge is 0.317 e. The van der Waals surface area contributed by atoms with E-state index in [4.69, 9.17) is 15.3 Å². The van der Waals surface area contributed by atoms with Gasteiger partial charge in [-0.05, 0) is 0 Å². The molecule has 0 amide bonds. The second-order valence-electron chi connectivity index (χ2n) is 2.22. The standard InChI is InChI=1S/C6H11NO5.K/c8-2-1-7(3-5(9)10)4-6(11)12;/h8H,1-4H2,(H,9,10)(H,11,12);. The number of carboxylic acid groups (broad SMARTS) is 2. The molecule has 0 fully saturated rings. The van der Waals surface area contributed by atoms with Crippen LogP contribution >= 0.6 is 0 Å². The summed E-state index contributed by atoms with van der Waals surface area (Å²) >= 11 is 0. The fraction of sp³-hybridized carbons (Fsp3) is 0.667. The molecule has 0 bridgehead atoms. The summed E-state index contributed by atoms with van der Waals surface area (Å²) in [5.41, 5.74) is 0. The van der Waals surface area contributed by atoms with Gasteiger partial charge in [-0.3, -0.25) is 14.5 Å². The third-order valence-corrected chi connectivity index (χ3v) is 1.13. The Morgan fingerprint density at radius 1 is 1.08 bits per heavy atom. The van der Waals surface area contributed by atoms with Gasteiger partial charge in [0, 0.05) is 57.9 Å². The molecule has 0 spiro atoms. The van der Waals surface area contributed by atoms with Crippen molar-refractivity contribution in [3.63, 3.8) is 0 Å². The van der Waals surface area contributed by atoms with Gasteiger partial charge in [0.15, 0.2) is 0 Å². The third kappa shape index (κ3) is 10.4. The van der Waals surface area contributed by atoms with E-state index in [1.54, 1.807) is 0 Å². The molecule has 0 aromatic carbocycles. The van der Waals surface area contributed by atoms with Crippen molar-refractivity contribution in [1.82, 2.24) is 4.90 Å². The van der Waals surface area contributed by atoms with E-state index in [0.717, 1.165) is 4.90 Å². The first-order chi connectivity index (χ1) is 5.56. The maximum absolute atomic E-state index is 10.1. The molecule has 0 rings (SSSR count). The number of aliphatic carboxylic acids is 2. The van der Waals surface area contributed by atoms with Crippen LogP contribution in [-0.4, -0.2) is 110 Å². The first-order valence-corrected chi connectivity index (χ1v) is 3.33. The van der Waals surface area contributed by atoms with E-state index < -0.39 is 11.9 Å². The van der Waals surface area contributed by atoms with Crippen molar-refractivity contribution in [2.45, 2.75) is 0 Å². The fourth-order valence-corrected chi connectivity index (χ4v) is 0.738. The van der Waals surface area contributed by atoms with E-state index >= 15 is 0 Å². The third-order valence-electron chi connectivity index (χ3n) is 1.13. The van der Waals surface area contributed by atoms with Crippen LogP contribution in [0.5, 0.6) is 0 Å². The number of aliphatic hydroxyl groups is 1. The average Bonchev–Trinajstić information content (AvgIpc) is 1.84. The molecule has 1 radical (unpaired) electrons. The Balaban J connectivity index is 0.